The molecule has 1 atom stereocenters. The van der Waals surface area contributed by atoms with Crippen LogP contribution in [0.3, 0.4) is 0 Å². The highest BCUT2D eigenvalue weighted by molar-refractivity contribution is 9.09. The molecule has 18 heavy (non-hydrogen) atoms. The zero-order valence-electron chi connectivity index (χ0n) is 11.1. The van der Waals surface area contributed by atoms with E-state index in [-0.39, 0.29) is 11.2 Å². The fourth-order valence-electron chi connectivity index (χ4n) is 2.48. The van der Waals surface area contributed by atoms with E-state index >= 15 is 0 Å². The van der Waals surface area contributed by atoms with Gasteiger partial charge in [-0.2, -0.15) is 0 Å². The van der Waals surface area contributed by atoms with Crippen molar-refractivity contribution in [3.8, 4) is 0 Å². The maximum absolute atomic E-state index is 13.0. The zero-order chi connectivity index (χ0) is 13.6. The fraction of sp³-hybridized carbons (Fsp3) is 0.600. The first-order valence-electron chi connectivity index (χ1n) is 6.46. The fourth-order valence-corrected chi connectivity index (χ4v) is 4.52. The molecule has 0 nitrogen and oxygen atoms in total. The van der Waals surface area contributed by atoms with E-state index in [2.05, 4.69) is 45.7 Å². The van der Waals surface area contributed by atoms with Gasteiger partial charge in [0.05, 0.1) is 0 Å². The summed E-state index contributed by atoms with van der Waals surface area (Å²) in [5.74, 6) is 0.508. The lowest BCUT2D eigenvalue weighted by atomic mass is 9.76. The van der Waals surface area contributed by atoms with Crippen molar-refractivity contribution in [2.24, 2.45) is 5.92 Å². The third-order valence-corrected chi connectivity index (χ3v) is 5.64. The standard InChI is InChI=1S/C15H21Br2F/c1-3-4-12(2)9-15(10-16,11-17)13-5-7-14(18)8-6-13/h5-8,12H,3-4,9-11H2,1-2H3. The molecule has 3 heteroatoms. The van der Waals surface area contributed by atoms with Crippen LogP contribution in [0.4, 0.5) is 4.39 Å². The van der Waals surface area contributed by atoms with Crippen LogP contribution in [0.2, 0.25) is 0 Å². The summed E-state index contributed by atoms with van der Waals surface area (Å²) in [6.45, 7) is 4.52. The number of halogens is 3. The predicted molar refractivity (Wildman–Crippen MR) is 84.4 cm³/mol. The molecular weight excluding hydrogens is 359 g/mol. The second kappa shape index (κ2) is 7.64. The van der Waals surface area contributed by atoms with Gasteiger partial charge >= 0.3 is 0 Å². The minimum atomic E-state index is -0.168. The van der Waals surface area contributed by atoms with Crippen LogP contribution in [0, 0.1) is 11.7 Å². The zero-order valence-corrected chi connectivity index (χ0v) is 14.2. The average molecular weight is 380 g/mol. The molecule has 0 N–H and O–H groups in total. The van der Waals surface area contributed by atoms with E-state index in [1.165, 1.54) is 18.4 Å². The van der Waals surface area contributed by atoms with Crippen LogP contribution < -0.4 is 0 Å². The van der Waals surface area contributed by atoms with Crippen LogP contribution in [0.1, 0.15) is 38.7 Å². The minimum absolute atomic E-state index is 0.0578. The highest BCUT2D eigenvalue weighted by atomic mass is 79.9. The average Bonchev–Trinajstić information content (AvgIpc) is 2.37. The quantitative estimate of drug-likeness (QED) is 0.534. The van der Waals surface area contributed by atoms with Crippen molar-refractivity contribution in [2.75, 3.05) is 10.7 Å². The summed E-state index contributed by atoms with van der Waals surface area (Å²) in [5.41, 5.74) is 1.27. The van der Waals surface area contributed by atoms with Crippen molar-refractivity contribution < 1.29 is 4.39 Å². The largest absolute Gasteiger partial charge is 0.207 e. The van der Waals surface area contributed by atoms with E-state index in [9.17, 15) is 4.39 Å². The van der Waals surface area contributed by atoms with Crippen LogP contribution in [0.25, 0.3) is 0 Å². The molecule has 1 aromatic rings. The molecule has 0 aliphatic carbocycles. The van der Waals surface area contributed by atoms with E-state index < -0.39 is 0 Å². The SMILES string of the molecule is CCCC(C)CC(CBr)(CBr)c1ccc(F)cc1. The van der Waals surface area contributed by atoms with Gasteiger partial charge in [0.25, 0.3) is 0 Å². The normalized spacial score (nSPS) is 13.6. The molecule has 1 rings (SSSR count). The number of rotatable bonds is 7. The molecule has 0 heterocycles. The molecule has 1 aromatic carbocycles. The summed E-state index contributed by atoms with van der Waals surface area (Å²) in [7, 11) is 0. The van der Waals surface area contributed by atoms with Crippen molar-refractivity contribution in [1.29, 1.82) is 0 Å². The third-order valence-electron chi connectivity index (χ3n) is 3.49. The van der Waals surface area contributed by atoms with Gasteiger partial charge in [0.2, 0.25) is 0 Å². The van der Waals surface area contributed by atoms with Gasteiger partial charge in [-0.3, -0.25) is 0 Å². The van der Waals surface area contributed by atoms with Crippen molar-refractivity contribution in [3.05, 3.63) is 35.6 Å². The predicted octanol–water partition coefficient (Wildman–Crippen LogP) is 5.68. The van der Waals surface area contributed by atoms with E-state index in [0.717, 1.165) is 17.1 Å². The molecule has 0 fully saturated rings. The van der Waals surface area contributed by atoms with Crippen LogP contribution in [-0.4, -0.2) is 10.7 Å². The number of hydrogen-bond donors (Lipinski definition) is 0. The lowest BCUT2D eigenvalue weighted by molar-refractivity contribution is 0.374. The Kier molecular flexibility index (Phi) is 6.86. The molecule has 0 radical (unpaired) electrons. The number of benzene rings is 1. The van der Waals surface area contributed by atoms with E-state index in [0.29, 0.717) is 5.92 Å². The van der Waals surface area contributed by atoms with Crippen molar-refractivity contribution in [1.82, 2.24) is 0 Å². The first-order chi connectivity index (χ1) is 8.57. The van der Waals surface area contributed by atoms with Gasteiger partial charge in [-0.05, 0) is 30.0 Å². The van der Waals surface area contributed by atoms with Gasteiger partial charge in [0.1, 0.15) is 5.82 Å². The molecule has 102 valence electrons. The Balaban J connectivity index is 2.95. The highest BCUT2D eigenvalue weighted by Gasteiger charge is 2.31. The molecule has 0 aliphatic heterocycles. The Labute approximate surface area is 127 Å². The smallest absolute Gasteiger partial charge is 0.123 e. The van der Waals surface area contributed by atoms with Gasteiger partial charge in [-0.15, -0.1) is 0 Å². The van der Waals surface area contributed by atoms with Gasteiger partial charge in [-0.25, -0.2) is 4.39 Å². The summed E-state index contributed by atoms with van der Waals surface area (Å²) in [5, 5.41) is 1.79. The summed E-state index contributed by atoms with van der Waals surface area (Å²) in [4.78, 5) is 0. The molecule has 0 aliphatic rings. The van der Waals surface area contributed by atoms with E-state index in [1.807, 2.05) is 12.1 Å². The number of hydrogen-bond acceptors (Lipinski definition) is 0. The Hall–Kier alpha value is 0.110. The lowest BCUT2D eigenvalue weighted by Gasteiger charge is -2.33. The second-order valence-corrected chi connectivity index (χ2v) is 6.27. The molecular formula is C15H21Br2F. The monoisotopic (exact) mass is 378 g/mol. The molecule has 0 aromatic heterocycles. The lowest BCUT2D eigenvalue weighted by Crippen LogP contribution is -2.32. The maximum Gasteiger partial charge on any atom is 0.123 e. The summed E-state index contributed by atoms with van der Waals surface area (Å²) >= 11 is 7.29. The summed E-state index contributed by atoms with van der Waals surface area (Å²) in [6, 6.07) is 6.94. The van der Waals surface area contributed by atoms with Crippen molar-refractivity contribution >= 4 is 31.9 Å². The molecule has 0 spiro atoms. The van der Waals surface area contributed by atoms with Gasteiger partial charge in [0.15, 0.2) is 0 Å². The Morgan fingerprint density at radius 2 is 1.72 bits per heavy atom. The van der Waals surface area contributed by atoms with Crippen molar-refractivity contribution in [3.63, 3.8) is 0 Å². The summed E-state index contributed by atoms with van der Waals surface area (Å²) in [6.07, 6.45) is 3.57. The van der Waals surface area contributed by atoms with Crippen molar-refractivity contribution in [2.45, 2.75) is 38.5 Å². The highest BCUT2D eigenvalue weighted by Crippen LogP contribution is 2.36. The van der Waals surface area contributed by atoms with Crippen LogP contribution >= 0.6 is 31.9 Å². The van der Waals surface area contributed by atoms with E-state index in [1.54, 1.807) is 12.1 Å². The molecule has 0 saturated heterocycles. The molecule has 0 bridgehead atoms. The van der Waals surface area contributed by atoms with Gasteiger partial charge in [-0.1, -0.05) is 70.7 Å². The summed E-state index contributed by atoms with van der Waals surface area (Å²) < 4.78 is 13.0. The second-order valence-electron chi connectivity index (χ2n) is 5.15. The van der Waals surface area contributed by atoms with Crippen LogP contribution in [-0.2, 0) is 5.41 Å². The first kappa shape index (κ1) is 16.2. The first-order valence-corrected chi connectivity index (χ1v) is 8.70. The topological polar surface area (TPSA) is 0 Å². The van der Waals surface area contributed by atoms with Crippen LogP contribution in [0.15, 0.2) is 24.3 Å². The number of alkyl halides is 2. The Morgan fingerprint density at radius 3 is 2.17 bits per heavy atom. The molecule has 0 amide bonds. The van der Waals surface area contributed by atoms with E-state index in [4.69, 9.17) is 0 Å². The third kappa shape index (κ3) is 4.06. The Morgan fingerprint density at radius 1 is 1.17 bits per heavy atom. The van der Waals surface area contributed by atoms with Gasteiger partial charge in [0, 0.05) is 16.1 Å². The maximum atomic E-state index is 13.0. The molecule has 1 unspecified atom stereocenters. The van der Waals surface area contributed by atoms with Gasteiger partial charge < -0.3 is 0 Å². The molecule has 0 saturated carbocycles. The van der Waals surface area contributed by atoms with Crippen LogP contribution in [0.5, 0.6) is 0 Å². The minimum Gasteiger partial charge on any atom is -0.207 e. The Bertz CT molecular complexity index is 344.